The fourth-order valence-corrected chi connectivity index (χ4v) is 2.87. The van der Waals surface area contributed by atoms with Gasteiger partial charge in [-0.25, -0.2) is 0 Å². The third-order valence-electron chi connectivity index (χ3n) is 4.13. The summed E-state index contributed by atoms with van der Waals surface area (Å²) in [5, 5.41) is 3.70. The topological polar surface area (TPSA) is 21.3 Å². The maximum atomic E-state index is 6.03. The van der Waals surface area contributed by atoms with E-state index in [0.29, 0.717) is 6.04 Å². The van der Waals surface area contributed by atoms with E-state index in [2.05, 4.69) is 37.4 Å². The smallest absolute Gasteiger partial charge is 0.125 e. The van der Waals surface area contributed by atoms with E-state index in [1.54, 1.807) is 0 Å². The van der Waals surface area contributed by atoms with Crippen molar-refractivity contribution in [2.75, 3.05) is 6.54 Å². The SMILES string of the molecule is CC1(C)Oc2ccccc2C1NCC1CCC1. The molecular formula is C15H21NO. The highest BCUT2D eigenvalue weighted by atomic mass is 16.5. The van der Waals surface area contributed by atoms with Crippen LogP contribution in [0.25, 0.3) is 0 Å². The molecule has 1 aromatic rings. The van der Waals surface area contributed by atoms with Gasteiger partial charge in [-0.15, -0.1) is 0 Å². The summed E-state index contributed by atoms with van der Waals surface area (Å²) in [6, 6.07) is 8.73. The van der Waals surface area contributed by atoms with Crippen LogP contribution in [-0.2, 0) is 0 Å². The predicted octanol–water partition coefficient (Wildman–Crippen LogP) is 3.29. The zero-order chi connectivity index (χ0) is 11.9. The van der Waals surface area contributed by atoms with Crippen LogP contribution in [0.1, 0.15) is 44.7 Å². The molecule has 0 amide bonds. The lowest BCUT2D eigenvalue weighted by Crippen LogP contribution is -2.41. The summed E-state index contributed by atoms with van der Waals surface area (Å²) in [5.41, 5.74) is 1.18. The van der Waals surface area contributed by atoms with Crippen molar-refractivity contribution in [2.45, 2.75) is 44.8 Å². The van der Waals surface area contributed by atoms with Gasteiger partial charge in [-0.05, 0) is 45.2 Å². The highest BCUT2D eigenvalue weighted by Crippen LogP contribution is 2.43. The molecule has 1 aliphatic heterocycles. The lowest BCUT2D eigenvalue weighted by atomic mass is 9.84. The Morgan fingerprint density at radius 3 is 2.76 bits per heavy atom. The van der Waals surface area contributed by atoms with Gasteiger partial charge in [-0.3, -0.25) is 0 Å². The first-order valence-electron chi connectivity index (χ1n) is 6.68. The van der Waals surface area contributed by atoms with Crippen LogP contribution < -0.4 is 10.1 Å². The largest absolute Gasteiger partial charge is 0.486 e. The number of hydrogen-bond acceptors (Lipinski definition) is 2. The number of fused-ring (bicyclic) bond motifs is 1. The van der Waals surface area contributed by atoms with Crippen molar-refractivity contribution in [1.82, 2.24) is 5.32 Å². The molecule has 1 aromatic carbocycles. The van der Waals surface area contributed by atoms with Gasteiger partial charge in [0.25, 0.3) is 0 Å². The summed E-state index contributed by atoms with van der Waals surface area (Å²) in [7, 11) is 0. The Labute approximate surface area is 103 Å². The molecule has 0 radical (unpaired) electrons. The first kappa shape index (κ1) is 11.1. The standard InChI is InChI=1S/C15H21NO/c1-15(2)14(16-10-11-6-5-7-11)12-8-3-4-9-13(12)17-15/h3-4,8-9,11,14,16H,5-7,10H2,1-2H3. The van der Waals surface area contributed by atoms with E-state index in [0.717, 1.165) is 18.2 Å². The second-order valence-electron chi connectivity index (χ2n) is 5.88. The van der Waals surface area contributed by atoms with E-state index in [1.165, 1.54) is 24.8 Å². The van der Waals surface area contributed by atoms with Gasteiger partial charge in [0, 0.05) is 5.56 Å². The van der Waals surface area contributed by atoms with Gasteiger partial charge in [-0.1, -0.05) is 24.6 Å². The highest BCUT2D eigenvalue weighted by molar-refractivity contribution is 5.42. The van der Waals surface area contributed by atoms with Crippen LogP contribution in [0, 0.1) is 5.92 Å². The zero-order valence-corrected chi connectivity index (χ0v) is 10.7. The van der Waals surface area contributed by atoms with Crippen molar-refractivity contribution in [3.05, 3.63) is 29.8 Å². The van der Waals surface area contributed by atoms with Crippen LogP contribution in [-0.4, -0.2) is 12.1 Å². The zero-order valence-electron chi connectivity index (χ0n) is 10.7. The Morgan fingerprint density at radius 2 is 2.06 bits per heavy atom. The first-order chi connectivity index (χ1) is 8.17. The Balaban J connectivity index is 1.76. The van der Waals surface area contributed by atoms with Crippen molar-refractivity contribution in [2.24, 2.45) is 5.92 Å². The summed E-state index contributed by atoms with van der Waals surface area (Å²) < 4.78 is 6.03. The Morgan fingerprint density at radius 1 is 1.29 bits per heavy atom. The summed E-state index contributed by atoms with van der Waals surface area (Å²) in [4.78, 5) is 0. The molecule has 0 spiro atoms. The Kier molecular flexibility index (Phi) is 2.62. The van der Waals surface area contributed by atoms with Crippen LogP contribution in [0.4, 0.5) is 0 Å². The van der Waals surface area contributed by atoms with E-state index in [9.17, 15) is 0 Å². The summed E-state index contributed by atoms with van der Waals surface area (Å²) >= 11 is 0. The molecule has 2 aliphatic rings. The van der Waals surface area contributed by atoms with Crippen LogP contribution in [0.5, 0.6) is 5.75 Å². The Bertz CT molecular complexity index is 409. The quantitative estimate of drug-likeness (QED) is 0.862. The fraction of sp³-hybridized carbons (Fsp3) is 0.600. The number of ether oxygens (including phenoxy) is 1. The first-order valence-corrected chi connectivity index (χ1v) is 6.68. The molecule has 0 saturated heterocycles. The average Bonchev–Trinajstić information content (AvgIpc) is 2.47. The number of benzene rings is 1. The molecule has 2 heteroatoms. The lowest BCUT2D eigenvalue weighted by molar-refractivity contribution is 0.0919. The fourth-order valence-electron chi connectivity index (χ4n) is 2.87. The van der Waals surface area contributed by atoms with E-state index in [-0.39, 0.29) is 5.60 Å². The third-order valence-corrected chi connectivity index (χ3v) is 4.13. The predicted molar refractivity (Wildman–Crippen MR) is 69.2 cm³/mol. The molecule has 0 aromatic heterocycles. The van der Waals surface area contributed by atoms with Gasteiger partial charge < -0.3 is 10.1 Å². The summed E-state index contributed by atoms with van der Waals surface area (Å²) in [5.74, 6) is 1.93. The van der Waals surface area contributed by atoms with Gasteiger partial charge >= 0.3 is 0 Å². The molecule has 92 valence electrons. The maximum Gasteiger partial charge on any atom is 0.125 e. The van der Waals surface area contributed by atoms with Gasteiger partial charge in [0.2, 0.25) is 0 Å². The van der Waals surface area contributed by atoms with Crippen molar-refractivity contribution < 1.29 is 4.74 Å². The monoisotopic (exact) mass is 231 g/mol. The van der Waals surface area contributed by atoms with E-state index >= 15 is 0 Å². The molecule has 2 nitrogen and oxygen atoms in total. The van der Waals surface area contributed by atoms with Crippen molar-refractivity contribution in [1.29, 1.82) is 0 Å². The van der Waals surface area contributed by atoms with Crippen LogP contribution in [0.15, 0.2) is 24.3 Å². The molecule has 0 bridgehead atoms. The minimum absolute atomic E-state index is 0.132. The van der Waals surface area contributed by atoms with Crippen LogP contribution >= 0.6 is 0 Å². The van der Waals surface area contributed by atoms with Gasteiger partial charge in [-0.2, -0.15) is 0 Å². The van der Waals surface area contributed by atoms with E-state index in [4.69, 9.17) is 4.74 Å². The average molecular weight is 231 g/mol. The van der Waals surface area contributed by atoms with Crippen molar-refractivity contribution >= 4 is 0 Å². The molecule has 1 aliphatic carbocycles. The highest BCUT2D eigenvalue weighted by Gasteiger charge is 2.40. The molecule has 1 heterocycles. The molecule has 1 saturated carbocycles. The van der Waals surface area contributed by atoms with Crippen LogP contribution in [0.2, 0.25) is 0 Å². The van der Waals surface area contributed by atoms with E-state index < -0.39 is 0 Å². The minimum atomic E-state index is -0.132. The third kappa shape index (κ3) is 1.95. The summed E-state index contributed by atoms with van der Waals surface area (Å²) in [6.07, 6.45) is 4.19. The van der Waals surface area contributed by atoms with Crippen LogP contribution in [0.3, 0.4) is 0 Å². The number of para-hydroxylation sites is 1. The molecular weight excluding hydrogens is 210 g/mol. The van der Waals surface area contributed by atoms with E-state index in [1.807, 2.05) is 6.07 Å². The van der Waals surface area contributed by atoms with Crippen molar-refractivity contribution in [3.8, 4) is 5.75 Å². The van der Waals surface area contributed by atoms with Crippen molar-refractivity contribution in [3.63, 3.8) is 0 Å². The molecule has 3 rings (SSSR count). The number of hydrogen-bond donors (Lipinski definition) is 1. The molecule has 17 heavy (non-hydrogen) atoms. The minimum Gasteiger partial charge on any atom is -0.486 e. The second-order valence-corrected chi connectivity index (χ2v) is 5.88. The van der Waals surface area contributed by atoms with Gasteiger partial charge in [0.15, 0.2) is 0 Å². The van der Waals surface area contributed by atoms with Gasteiger partial charge in [0.05, 0.1) is 6.04 Å². The molecule has 1 atom stereocenters. The van der Waals surface area contributed by atoms with Gasteiger partial charge in [0.1, 0.15) is 11.4 Å². The second kappa shape index (κ2) is 4.02. The number of rotatable bonds is 3. The summed E-state index contributed by atoms with van der Waals surface area (Å²) in [6.45, 7) is 5.47. The molecule has 1 unspecified atom stereocenters. The molecule has 1 fully saturated rings. The Hall–Kier alpha value is -1.02. The molecule has 1 N–H and O–H groups in total. The number of nitrogens with one attached hydrogen (secondary N) is 1. The normalized spacial score (nSPS) is 26.1. The maximum absolute atomic E-state index is 6.03. The lowest BCUT2D eigenvalue weighted by Gasteiger charge is -2.31.